The van der Waals surface area contributed by atoms with Gasteiger partial charge < -0.3 is 11.1 Å². The van der Waals surface area contributed by atoms with E-state index in [9.17, 15) is 13.2 Å². The van der Waals surface area contributed by atoms with Gasteiger partial charge in [-0.05, 0) is 25.7 Å². The second kappa shape index (κ2) is 5.17. The van der Waals surface area contributed by atoms with Gasteiger partial charge in [0, 0.05) is 18.0 Å². The van der Waals surface area contributed by atoms with Crippen molar-refractivity contribution in [1.82, 2.24) is 5.32 Å². The van der Waals surface area contributed by atoms with Gasteiger partial charge in [-0.3, -0.25) is 4.79 Å². The summed E-state index contributed by atoms with van der Waals surface area (Å²) >= 11 is 0. The molecule has 18 heavy (non-hydrogen) atoms. The minimum Gasteiger partial charge on any atom is -0.352 e. The van der Waals surface area contributed by atoms with Crippen LogP contribution in [0.4, 0.5) is 0 Å². The molecule has 0 aromatic rings. The van der Waals surface area contributed by atoms with Crippen LogP contribution in [0.15, 0.2) is 0 Å². The summed E-state index contributed by atoms with van der Waals surface area (Å²) in [5.41, 5.74) is 5.78. The maximum atomic E-state index is 11.9. The number of rotatable bonds is 3. The Morgan fingerprint density at radius 3 is 2.56 bits per heavy atom. The second-order valence-corrected chi connectivity index (χ2v) is 8.00. The van der Waals surface area contributed by atoms with Crippen LogP contribution < -0.4 is 11.1 Å². The number of hydrogen-bond donors (Lipinski definition) is 2. The first kappa shape index (κ1) is 13.8. The molecular weight excluding hydrogens is 252 g/mol. The van der Waals surface area contributed by atoms with Crippen molar-refractivity contribution in [3.05, 3.63) is 0 Å². The molecular formula is C12H22N2O3S. The van der Waals surface area contributed by atoms with Crippen LogP contribution in [-0.4, -0.2) is 37.4 Å². The first-order valence-electron chi connectivity index (χ1n) is 6.67. The summed E-state index contributed by atoms with van der Waals surface area (Å²) in [5, 5.41) is 2.83. The van der Waals surface area contributed by atoms with Gasteiger partial charge in [-0.2, -0.15) is 0 Å². The van der Waals surface area contributed by atoms with Crippen molar-refractivity contribution in [3.8, 4) is 0 Å². The third kappa shape index (κ3) is 3.68. The molecule has 1 atom stereocenters. The third-order valence-electron chi connectivity index (χ3n) is 3.94. The Balaban J connectivity index is 1.84. The number of carbonyl (C=O) groups is 1. The quantitative estimate of drug-likeness (QED) is 0.776. The Hall–Kier alpha value is -0.620. The smallest absolute Gasteiger partial charge is 0.222 e. The number of carbonyl (C=O) groups excluding carboxylic acids is 1. The first-order valence-corrected chi connectivity index (χ1v) is 8.49. The molecule has 3 N–H and O–H groups in total. The summed E-state index contributed by atoms with van der Waals surface area (Å²) in [6, 6.07) is -0.221. The van der Waals surface area contributed by atoms with Crippen molar-refractivity contribution >= 4 is 15.7 Å². The molecule has 2 fully saturated rings. The highest BCUT2D eigenvalue weighted by Gasteiger charge is 2.33. The molecule has 1 amide bonds. The largest absolute Gasteiger partial charge is 0.352 e. The van der Waals surface area contributed by atoms with E-state index in [0.29, 0.717) is 12.8 Å². The minimum absolute atomic E-state index is 0.0797. The van der Waals surface area contributed by atoms with Crippen molar-refractivity contribution in [2.45, 2.75) is 56.5 Å². The van der Waals surface area contributed by atoms with Gasteiger partial charge in [0.1, 0.15) is 0 Å². The number of amides is 1. The molecule has 1 aliphatic heterocycles. The zero-order valence-electron chi connectivity index (χ0n) is 10.7. The molecule has 6 heteroatoms. The lowest BCUT2D eigenvalue weighted by molar-refractivity contribution is -0.122. The van der Waals surface area contributed by atoms with Crippen molar-refractivity contribution in [3.63, 3.8) is 0 Å². The molecule has 1 saturated heterocycles. The molecule has 0 aromatic heterocycles. The normalized spacial score (nSPS) is 29.9. The van der Waals surface area contributed by atoms with Gasteiger partial charge in [0.25, 0.3) is 0 Å². The van der Waals surface area contributed by atoms with Crippen LogP contribution >= 0.6 is 0 Å². The van der Waals surface area contributed by atoms with Gasteiger partial charge in [0.05, 0.1) is 11.5 Å². The maximum Gasteiger partial charge on any atom is 0.222 e. The fraction of sp³-hybridized carbons (Fsp3) is 0.917. The Morgan fingerprint density at radius 2 is 1.94 bits per heavy atom. The second-order valence-electron chi connectivity index (χ2n) is 5.77. The van der Waals surface area contributed by atoms with E-state index in [-0.39, 0.29) is 29.0 Å². The Kier molecular flexibility index (Phi) is 3.96. The fourth-order valence-electron chi connectivity index (χ4n) is 2.99. The SMILES string of the molecule is NC1(CC(=O)NC2CCCS(=O)(=O)C2)CCCC1. The van der Waals surface area contributed by atoms with Crippen LogP contribution in [0.25, 0.3) is 0 Å². The molecule has 0 aromatic carbocycles. The lowest BCUT2D eigenvalue weighted by Crippen LogP contribution is -2.47. The highest BCUT2D eigenvalue weighted by molar-refractivity contribution is 7.91. The predicted octanol–water partition coefficient (Wildman–Crippen LogP) is 0.341. The molecule has 1 unspecified atom stereocenters. The van der Waals surface area contributed by atoms with E-state index in [0.717, 1.165) is 32.1 Å². The summed E-state index contributed by atoms with van der Waals surface area (Å²) in [6.45, 7) is 0. The van der Waals surface area contributed by atoms with Gasteiger partial charge in [-0.1, -0.05) is 12.8 Å². The van der Waals surface area contributed by atoms with Gasteiger partial charge in [-0.25, -0.2) is 8.42 Å². The lowest BCUT2D eigenvalue weighted by Gasteiger charge is -2.26. The molecule has 0 spiro atoms. The molecule has 0 radical (unpaired) electrons. The van der Waals surface area contributed by atoms with Gasteiger partial charge in [0.2, 0.25) is 5.91 Å². The highest BCUT2D eigenvalue weighted by atomic mass is 32.2. The lowest BCUT2D eigenvalue weighted by atomic mass is 9.94. The fourth-order valence-corrected chi connectivity index (χ4v) is 4.63. The summed E-state index contributed by atoms with van der Waals surface area (Å²) in [7, 11) is -2.97. The van der Waals surface area contributed by atoms with Gasteiger partial charge in [0.15, 0.2) is 9.84 Å². The Morgan fingerprint density at radius 1 is 1.28 bits per heavy atom. The van der Waals surface area contributed by atoms with Crippen LogP contribution in [0.1, 0.15) is 44.9 Å². The van der Waals surface area contributed by atoms with E-state index in [4.69, 9.17) is 5.73 Å². The van der Waals surface area contributed by atoms with E-state index in [1.165, 1.54) is 0 Å². The molecule has 1 aliphatic carbocycles. The maximum absolute atomic E-state index is 11.9. The molecule has 5 nitrogen and oxygen atoms in total. The Labute approximate surface area is 108 Å². The summed E-state index contributed by atoms with van der Waals surface area (Å²) in [6.07, 6.45) is 5.67. The van der Waals surface area contributed by atoms with E-state index in [1.807, 2.05) is 0 Å². The van der Waals surface area contributed by atoms with Crippen LogP contribution in [-0.2, 0) is 14.6 Å². The van der Waals surface area contributed by atoms with Gasteiger partial charge >= 0.3 is 0 Å². The van der Waals surface area contributed by atoms with Crippen LogP contribution in [0.3, 0.4) is 0 Å². The van der Waals surface area contributed by atoms with E-state index in [2.05, 4.69) is 5.32 Å². The van der Waals surface area contributed by atoms with Crippen LogP contribution in [0.2, 0.25) is 0 Å². The van der Waals surface area contributed by atoms with E-state index >= 15 is 0 Å². The topological polar surface area (TPSA) is 89.3 Å². The molecule has 1 heterocycles. The van der Waals surface area contributed by atoms with Crippen LogP contribution in [0.5, 0.6) is 0 Å². The van der Waals surface area contributed by atoms with E-state index in [1.54, 1.807) is 0 Å². The third-order valence-corrected chi connectivity index (χ3v) is 5.76. The predicted molar refractivity (Wildman–Crippen MR) is 69.8 cm³/mol. The van der Waals surface area contributed by atoms with Crippen molar-refractivity contribution in [1.29, 1.82) is 0 Å². The van der Waals surface area contributed by atoms with Crippen molar-refractivity contribution in [2.75, 3.05) is 11.5 Å². The average Bonchev–Trinajstić information content (AvgIpc) is 2.62. The Bertz CT molecular complexity index is 413. The molecule has 2 rings (SSSR count). The summed E-state index contributed by atoms with van der Waals surface area (Å²) in [5.74, 6) is 0.234. The van der Waals surface area contributed by atoms with Crippen molar-refractivity contribution < 1.29 is 13.2 Å². The summed E-state index contributed by atoms with van der Waals surface area (Å²) < 4.78 is 22.9. The minimum atomic E-state index is -2.97. The standard InChI is InChI=1S/C12H22N2O3S/c13-12(5-1-2-6-12)8-11(15)14-10-4-3-7-18(16,17)9-10/h10H,1-9,13H2,(H,14,15). The van der Waals surface area contributed by atoms with Crippen LogP contribution in [0, 0.1) is 0 Å². The molecule has 104 valence electrons. The average molecular weight is 274 g/mol. The van der Waals surface area contributed by atoms with Gasteiger partial charge in [-0.15, -0.1) is 0 Å². The summed E-state index contributed by atoms with van der Waals surface area (Å²) in [4.78, 5) is 11.9. The number of nitrogens with one attached hydrogen (secondary N) is 1. The van der Waals surface area contributed by atoms with E-state index < -0.39 is 9.84 Å². The zero-order valence-corrected chi connectivity index (χ0v) is 11.5. The molecule has 1 saturated carbocycles. The molecule has 0 bridgehead atoms. The van der Waals surface area contributed by atoms with Crippen molar-refractivity contribution in [2.24, 2.45) is 5.73 Å². The molecule has 2 aliphatic rings. The number of nitrogens with two attached hydrogens (primary N) is 1. The number of sulfone groups is 1. The zero-order chi connectivity index (χ0) is 13.2. The monoisotopic (exact) mass is 274 g/mol. The highest BCUT2D eigenvalue weighted by Crippen LogP contribution is 2.30. The number of hydrogen-bond acceptors (Lipinski definition) is 4. The first-order chi connectivity index (χ1) is 8.39.